The minimum absolute atomic E-state index is 0.556. The Balaban J connectivity index is 1.97. The molecule has 1 N–H and O–H groups in total. The first-order valence-corrected chi connectivity index (χ1v) is 6.75. The topological polar surface area (TPSA) is 24.9 Å². The van der Waals surface area contributed by atoms with Crippen LogP contribution in [0.5, 0.6) is 0 Å². The van der Waals surface area contributed by atoms with Crippen molar-refractivity contribution in [3.63, 3.8) is 0 Å². The number of aryl methyl sites for hydroxylation is 1. The van der Waals surface area contributed by atoms with Crippen LogP contribution in [0, 0.1) is 6.92 Å². The molecule has 1 atom stereocenters. The first-order valence-electron chi connectivity index (χ1n) is 5.93. The van der Waals surface area contributed by atoms with E-state index < -0.39 is 0 Å². The highest BCUT2D eigenvalue weighted by atomic mass is 32.1. The normalized spacial score (nSPS) is 21.4. The van der Waals surface area contributed by atoms with Crippen molar-refractivity contribution < 1.29 is 0 Å². The summed E-state index contributed by atoms with van der Waals surface area (Å²) in [6.07, 6.45) is 3.93. The Morgan fingerprint density at radius 1 is 1.38 bits per heavy atom. The summed E-state index contributed by atoms with van der Waals surface area (Å²) in [5, 5.41) is 4.75. The van der Waals surface area contributed by atoms with Gasteiger partial charge in [-0.2, -0.15) is 0 Å². The van der Waals surface area contributed by atoms with Gasteiger partial charge >= 0.3 is 0 Å². The second kappa shape index (κ2) is 4.15. The SMILES string of the molecule is Cc1nc2ccc(C3CCCCN3)cc2s1. The quantitative estimate of drug-likeness (QED) is 0.815. The van der Waals surface area contributed by atoms with E-state index in [0.717, 1.165) is 17.1 Å². The molecule has 3 heteroatoms. The largest absolute Gasteiger partial charge is 0.310 e. The molecule has 2 heterocycles. The lowest BCUT2D eigenvalue weighted by atomic mass is 9.97. The molecular weight excluding hydrogens is 216 g/mol. The number of rotatable bonds is 1. The van der Waals surface area contributed by atoms with E-state index in [-0.39, 0.29) is 0 Å². The zero-order chi connectivity index (χ0) is 11.0. The molecule has 2 aromatic rings. The van der Waals surface area contributed by atoms with Gasteiger partial charge in [-0.05, 0) is 44.0 Å². The van der Waals surface area contributed by atoms with Gasteiger partial charge in [-0.1, -0.05) is 12.5 Å². The number of aromatic nitrogens is 1. The third-order valence-electron chi connectivity index (χ3n) is 3.23. The molecule has 0 spiro atoms. The van der Waals surface area contributed by atoms with Crippen molar-refractivity contribution in [3.05, 3.63) is 28.8 Å². The summed E-state index contributed by atoms with van der Waals surface area (Å²) in [4.78, 5) is 4.50. The molecule has 16 heavy (non-hydrogen) atoms. The summed E-state index contributed by atoms with van der Waals surface area (Å²) < 4.78 is 1.32. The lowest BCUT2D eigenvalue weighted by Gasteiger charge is -2.23. The van der Waals surface area contributed by atoms with Gasteiger partial charge in [0.1, 0.15) is 0 Å². The summed E-state index contributed by atoms with van der Waals surface area (Å²) in [5.74, 6) is 0. The third-order valence-corrected chi connectivity index (χ3v) is 4.17. The Labute approximate surface area is 99.7 Å². The third kappa shape index (κ3) is 1.85. The standard InChI is InChI=1S/C13H16N2S/c1-9-15-12-6-5-10(8-13(12)16-9)11-4-2-3-7-14-11/h5-6,8,11,14H,2-4,7H2,1H3. The van der Waals surface area contributed by atoms with Crippen LogP contribution in [0.4, 0.5) is 0 Å². The Hall–Kier alpha value is -0.930. The molecule has 0 radical (unpaired) electrons. The maximum Gasteiger partial charge on any atom is 0.0907 e. The number of thiazole rings is 1. The van der Waals surface area contributed by atoms with Crippen LogP contribution in [0.2, 0.25) is 0 Å². The Kier molecular flexibility index (Phi) is 2.65. The molecule has 1 aromatic heterocycles. The number of fused-ring (bicyclic) bond motifs is 1. The van der Waals surface area contributed by atoms with Gasteiger partial charge < -0.3 is 5.32 Å². The second-order valence-electron chi connectivity index (χ2n) is 4.46. The van der Waals surface area contributed by atoms with E-state index in [0.29, 0.717) is 6.04 Å². The zero-order valence-electron chi connectivity index (χ0n) is 9.49. The van der Waals surface area contributed by atoms with Crippen molar-refractivity contribution >= 4 is 21.6 Å². The van der Waals surface area contributed by atoms with E-state index >= 15 is 0 Å². The molecule has 84 valence electrons. The summed E-state index contributed by atoms with van der Waals surface area (Å²) in [6.45, 7) is 3.23. The van der Waals surface area contributed by atoms with Crippen LogP contribution in [0.3, 0.4) is 0 Å². The van der Waals surface area contributed by atoms with Crippen LogP contribution in [0.25, 0.3) is 10.2 Å². The van der Waals surface area contributed by atoms with Gasteiger partial charge in [0.05, 0.1) is 15.2 Å². The first kappa shape index (κ1) is 10.2. The molecule has 1 unspecified atom stereocenters. The van der Waals surface area contributed by atoms with Gasteiger partial charge in [0.25, 0.3) is 0 Å². The molecule has 2 nitrogen and oxygen atoms in total. The van der Waals surface area contributed by atoms with Crippen LogP contribution in [0.15, 0.2) is 18.2 Å². The number of nitrogens with zero attached hydrogens (tertiary/aromatic N) is 1. The molecule has 3 rings (SSSR count). The lowest BCUT2D eigenvalue weighted by molar-refractivity contribution is 0.412. The van der Waals surface area contributed by atoms with E-state index in [1.165, 1.54) is 29.5 Å². The van der Waals surface area contributed by atoms with Gasteiger partial charge in [0, 0.05) is 6.04 Å². The fraction of sp³-hybridized carbons (Fsp3) is 0.462. The number of benzene rings is 1. The van der Waals surface area contributed by atoms with E-state index in [1.54, 1.807) is 11.3 Å². The maximum atomic E-state index is 4.50. The predicted octanol–water partition coefficient (Wildman–Crippen LogP) is 3.42. The average molecular weight is 232 g/mol. The van der Waals surface area contributed by atoms with Gasteiger partial charge in [-0.3, -0.25) is 0 Å². The van der Waals surface area contributed by atoms with Crippen LogP contribution >= 0.6 is 11.3 Å². The van der Waals surface area contributed by atoms with Crippen molar-refractivity contribution in [3.8, 4) is 0 Å². The van der Waals surface area contributed by atoms with Crippen molar-refractivity contribution in [2.45, 2.75) is 32.2 Å². The fourth-order valence-electron chi connectivity index (χ4n) is 2.41. The molecule has 1 aliphatic rings. The number of hydrogen-bond donors (Lipinski definition) is 1. The summed E-state index contributed by atoms with van der Waals surface area (Å²) in [5.41, 5.74) is 2.57. The zero-order valence-corrected chi connectivity index (χ0v) is 10.3. The van der Waals surface area contributed by atoms with Gasteiger partial charge in [0.15, 0.2) is 0 Å². The number of piperidine rings is 1. The highest BCUT2D eigenvalue weighted by Crippen LogP contribution is 2.28. The Morgan fingerprint density at radius 2 is 2.31 bits per heavy atom. The highest BCUT2D eigenvalue weighted by Gasteiger charge is 2.15. The lowest BCUT2D eigenvalue weighted by Crippen LogP contribution is -2.26. The number of hydrogen-bond acceptors (Lipinski definition) is 3. The predicted molar refractivity (Wildman–Crippen MR) is 69.0 cm³/mol. The van der Waals surface area contributed by atoms with Gasteiger partial charge in [-0.25, -0.2) is 4.98 Å². The Morgan fingerprint density at radius 3 is 3.12 bits per heavy atom. The van der Waals surface area contributed by atoms with Crippen molar-refractivity contribution in [1.29, 1.82) is 0 Å². The molecule has 0 saturated carbocycles. The smallest absolute Gasteiger partial charge is 0.0907 e. The maximum absolute atomic E-state index is 4.50. The van der Waals surface area contributed by atoms with Crippen LogP contribution < -0.4 is 5.32 Å². The molecule has 1 fully saturated rings. The summed E-state index contributed by atoms with van der Waals surface area (Å²) in [7, 11) is 0. The first-order chi connectivity index (χ1) is 7.83. The van der Waals surface area contributed by atoms with Crippen LogP contribution in [-0.2, 0) is 0 Å². The highest BCUT2D eigenvalue weighted by molar-refractivity contribution is 7.18. The summed E-state index contributed by atoms with van der Waals surface area (Å²) in [6, 6.07) is 7.25. The molecule has 0 amide bonds. The average Bonchev–Trinajstić information content (AvgIpc) is 2.69. The van der Waals surface area contributed by atoms with Crippen molar-refractivity contribution in [1.82, 2.24) is 10.3 Å². The minimum Gasteiger partial charge on any atom is -0.310 e. The van der Waals surface area contributed by atoms with Crippen molar-refractivity contribution in [2.75, 3.05) is 6.54 Å². The van der Waals surface area contributed by atoms with E-state index in [2.05, 4.69) is 35.4 Å². The van der Waals surface area contributed by atoms with E-state index in [9.17, 15) is 0 Å². The van der Waals surface area contributed by atoms with Crippen LogP contribution in [0.1, 0.15) is 35.9 Å². The van der Waals surface area contributed by atoms with Crippen LogP contribution in [-0.4, -0.2) is 11.5 Å². The van der Waals surface area contributed by atoms with E-state index in [4.69, 9.17) is 0 Å². The summed E-state index contributed by atoms with van der Waals surface area (Å²) >= 11 is 1.79. The molecule has 1 saturated heterocycles. The molecular formula is C13H16N2S. The van der Waals surface area contributed by atoms with Crippen molar-refractivity contribution in [2.24, 2.45) is 0 Å². The Bertz CT molecular complexity index is 498. The second-order valence-corrected chi connectivity index (χ2v) is 5.70. The number of nitrogens with one attached hydrogen (secondary N) is 1. The van der Waals surface area contributed by atoms with Gasteiger partial charge in [-0.15, -0.1) is 11.3 Å². The monoisotopic (exact) mass is 232 g/mol. The molecule has 1 aliphatic heterocycles. The molecule has 1 aromatic carbocycles. The molecule has 0 bridgehead atoms. The van der Waals surface area contributed by atoms with E-state index in [1.807, 2.05) is 0 Å². The fourth-order valence-corrected chi connectivity index (χ4v) is 3.29. The minimum atomic E-state index is 0.556. The molecule has 0 aliphatic carbocycles. The van der Waals surface area contributed by atoms with Gasteiger partial charge in [0.2, 0.25) is 0 Å².